The molecule has 0 saturated heterocycles. The van der Waals surface area contributed by atoms with Gasteiger partial charge in [0, 0.05) is 0 Å². The number of benzene rings is 6. The van der Waals surface area contributed by atoms with Crippen molar-refractivity contribution in [2.24, 2.45) is 0 Å². The van der Waals surface area contributed by atoms with Gasteiger partial charge in [-0.25, -0.2) is 0 Å². The van der Waals surface area contributed by atoms with Crippen molar-refractivity contribution < 1.29 is 9.76 Å². The Labute approximate surface area is 259 Å². The van der Waals surface area contributed by atoms with Gasteiger partial charge >= 0.3 is 7.48 Å². The zero-order valence-electron chi connectivity index (χ0n) is 25.5. The maximum Gasteiger partial charge on any atom is 0.309 e. The van der Waals surface area contributed by atoms with Crippen molar-refractivity contribution >= 4 is 23.7 Å². The molecule has 1 unspecified atom stereocenters. The third kappa shape index (κ3) is 3.14. The topological polar surface area (TPSA) is 29.5 Å². The Morgan fingerprint density at radius 2 is 1.14 bits per heavy atom. The van der Waals surface area contributed by atoms with E-state index >= 15 is 0 Å². The summed E-state index contributed by atoms with van der Waals surface area (Å²) in [6.07, 6.45) is 0. The zero-order chi connectivity index (χ0) is 30.0. The second-order valence-electron chi connectivity index (χ2n) is 13.7. The van der Waals surface area contributed by atoms with Gasteiger partial charge in [-0.15, -0.1) is 0 Å². The summed E-state index contributed by atoms with van der Waals surface area (Å²) in [7, 11) is 0.432. The van der Waals surface area contributed by atoms with Gasteiger partial charge in [0.25, 0.3) is 0 Å². The minimum atomic E-state index is -0.958. The molecule has 0 heterocycles. The van der Waals surface area contributed by atoms with Gasteiger partial charge in [-0.2, -0.15) is 0 Å². The lowest BCUT2D eigenvalue weighted by Gasteiger charge is -2.37. The number of rotatable bonds is 4. The smallest absolute Gasteiger partial charge is 0.309 e. The molecule has 6 aromatic carbocycles. The van der Waals surface area contributed by atoms with Gasteiger partial charge in [0.05, 0.1) is 16.6 Å². The van der Waals surface area contributed by atoms with E-state index in [1.807, 2.05) is 13.8 Å². The van der Waals surface area contributed by atoms with Gasteiger partial charge in [-0.05, 0) is 111 Å². The lowest BCUT2D eigenvalue weighted by atomic mass is 9.69. The van der Waals surface area contributed by atoms with Crippen LogP contribution in [0.5, 0.6) is 0 Å². The Bertz CT molecular complexity index is 2200. The Kier molecular flexibility index (Phi) is 5.08. The number of fused-ring (bicyclic) bond motifs is 14. The van der Waals surface area contributed by atoms with Crippen molar-refractivity contribution in [2.45, 2.75) is 44.3 Å². The Morgan fingerprint density at radius 3 is 1.86 bits per heavy atom. The summed E-state index contributed by atoms with van der Waals surface area (Å²) in [6, 6.07) is 43.1. The average molecular weight is 569 g/mol. The third-order valence-corrected chi connectivity index (χ3v) is 10.9. The normalized spacial score (nSPS) is 16.9. The highest BCUT2D eigenvalue weighted by Crippen LogP contribution is 2.65. The molecule has 3 heteroatoms. The molecule has 6 aromatic rings. The van der Waals surface area contributed by atoms with Crippen molar-refractivity contribution in [3.8, 4) is 44.5 Å². The molecule has 1 atom stereocenters. The van der Waals surface area contributed by atoms with E-state index in [1.165, 1.54) is 77.5 Å². The highest BCUT2D eigenvalue weighted by Gasteiger charge is 2.52. The van der Waals surface area contributed by atoms with E-state index in [2.05, 4.69) is 115 Å². The summed E-state index contributed by atoms with van der Waals surface area (Å²) in [5.74, 6) is 0. The number of aliphatic hydroxyl groups is 1. The van der Waals surface area contributed by atoms with Crippen LogP contribution in [0, 0.1) is 0 Å². The van der Waals surface area contributed by atoms with E-state index in [4.69, 9.17) is 4.65 Å². The molecule has 3 aliphatic rings. The second kappa shape index (κ2) is 8.60. The minimum Gasteiger partial charge on any atom is -0.427 e. The van der Waals surface area contributed by atoms with E-state index in [0.29, 0.717) is 7.48 Å². The fourth-order valence-corrected chi connectivity index (χ4v) is 8.08. The molecular weight excluding hydrogens is 535 g/mol. The van der Waals surface area contributed by atoms with Crippen LogP contribution < -0.4 is 5.46 Å². The maximum absolute atomic E-state index is 10.7. The highest BCUT2D eigenvalue weighted by atomic mass is 16.5. The van der Waals surface area contributed by atoms with Crippen LogP contribution in [-0.4, -0.2) is 23.8 Å². The fraction of sp³-hybridized carbons (Fsp3) is 0.171. The van der Waals surface area contributed by atoms with Crippen molar-refractivity contribution in [2.75, 3.05) is 0 Å². The SMILES string of the molecule is CC(C)(O)C(C)(C)OBc1ccc2c(c1)-c1ccccc1C21c2ccccc2-c2c1cc1c3c(cccc23)-c2ccccc2-1. The highest BCUT2D eigenvalue weighted by molar-refractivity contribution is 6.47. The molecule has 44 heavy (non-hydrogen) atoms. The second-order valence-corrected chi connectivity index (χ2v) is 13.7. The van der Waals surface area contributed by atoms with Gasteiger partial charge in [0.2, 0.25) is 0 Å². The first-order valence-electron chi connectivity index (χ1n) is 15.6. The maximum atomic E-state index is 10.7. The van der Waals surface area contributed by atoms with Gasteiger partial charge in [-0.1, -0.05) is 115 Å². The van der Waals surface area contributed by atoms with E-state index in [-0.39, 0.29) is 0 Å². The summed E-state index contributed by atoms with van der Waals surface area (Å²) in [5.41, 5.74) is 15.0. The molecule has 0 bridgehead atoms. The fourth-order valence-electron chi connectivity index (χ4n) is 8.08. The zero-order valence-corrected chi connectivity index (χ0v) is 25.5. The van der Waals surface area contributed by atoms with Gasteiger partial charge < -0.3 is 9.76 Å². The molecule has 0 aromatic heterocycles. The van der Waals surface area contributed by atoms with E-state index in [0.717, 1.165) is 5.46 Å². The molecule has 3 aliphatic carbocycles. The molecule has 0 saturated carbocycles. The molecule has 1 N–H and O–H groups in total. The minimum absolute atomic E-state index is 0.415. The molecule has 1 spiro atoms. The first kappa shape index (κ1) is 26.0. The quantitative estimate of drug-likeness (QED) is 0.216. The average Bonchev–Trinajstić information content (AvgIpc) is 3.62. The Balaban J connectivity index is 1.33. The van der Waals surface area contributed by atoms with Gasteiger partial charge in [-0.3, -0.25) is 0 Å². The van der Waals surface area contributed by atoms with Crippen LogP contribution in [0.4, 0.5) is 0 Å². The molecule has 9 rings (SSSR count). The van der Waals surface area contributed by atoms with Crippen molar-refractivity contribution in [3.05, 3.63) is 138 Å². The third-order valence-electron chi connectivity index (χ3n) is 10.9. The Hall–Kier alpha value is -4.44. The molecule has 0 aliphatic heterocycles. The van der Waals surface area contributed by atoms with E-state index < -0.39 is 16.6 Å². The monoisotopic (exact) mass is 568 g/mol. The summed E-state index contributed by atoms with van der Waals surface area (Å²) < 4.78 is 6.32. The van der Waals surface area contributed by atoms with Crippen LogP contribution in [0.3, 0.4) is 0 Å². The van der Waals surface area contributed by atoms with Crippen LogP contribution in [0.1, 0.15) is 49.9 Å². The van der Waals surface area contributed by atoms with E-state index in [9.17, 15) is 5.11 Å². The first-order chi connectivity index (χ1) is 21.2. The van der Waals surface area contributed by atoms with Crippen molar-refractivity contribution in [1.82, 2.24) is 0 Å². The van der Waals surface area contributed by atoms with Crippen molar-refractivity contribution in [1.29, 1.82) is 0 Å². The van der Waals surface area contributed by atoms with Crippen LogP contribution in [-0.2, 0) is 10.1 Å². The first-order valence-corrected chi connectivity index (χ1v) is 15.6. The van der Waals surface area contributed by atoms with E-state index in [1.54, 1.807) is 13.8 Å². The summed E-state index contributed by atoms with van der Waals surface area (Å²) in [5, 5.41) is 13.4. The predicted octanol–water partition coefficient (Wildman–Crippen LogP) is 8.37. The largest absolute Gasteiger partial charge is 0.427 e. The number of hydrogen-bond acceptors (Lipinski definition) is 2. The number of hydrogen-bond donors (Lipinski definition) is 1. The van der Waals surface area contributed by atoms with Crippen LogP contribution in [0.2, 0.25) is 0 Å². The van der Waals surface area contributed by atoms with Gasteiger partial charge in [0.15, 0.2) is 0 Å². The molecular formula is C41H33BO2. The molecule has 0 amide bonds. The molecule has 0 fully saturated rings. The van der Waals surface area contributed by atoms with Crippen LogP contribution in [0.15, 0.2) is 115 Å². The Morgan fingerprint density at radius 1 is 0.545 bits per heavy atom. The van der Waals surface area contributed by atoms with Crippen LogP contribution in [0.25, 0.3) is 55.3 Å². The predicted molar refractivity (Wildman–Crippen MR) is 183 cm³/mol. The summed E-state index contributed by atoms with van der Waals surface area (Å²) in [4.78, 5) is 0. The lowest BCUT2D eigenvalue weighted by molar-refractivity contribution is -0.0893. The molecule has 2 nitrogen and oxygen atoms in total. The van der Waals surface area contributed by atoms with Gasteiger partial charge in [0.1, 0.15) is 0 Å². The molecule has 0 radical (unpaired) electrons. The van der Waals surface area contributed by atoms with Crippen LogP contribution >= 0.6 is 0 Å². The summed E-state index contributed by atoms with van der Waals surface area (Å²) in [6.45, 7) is 7.52. The van der Waals surface area contributed by atoms with Crippen molar-refractivity contribution in [3.63, 3.8) is 0 Å². The lowest BCUT2D eigenvalue weighted by Crippen LogP contribution is -2.49. The standard InChI is InChI=1S/C41H33BO2/c1-39(2,43)40(3,4)44-42-24-20-21-35-31(22-24)27-14-7-9-18-33(27)41(35)34-19-10-8-15-29(34)38-30-17-11-16-28-25-12-5-6-13-26(25)32(37(28)30)23-36(38)41/h5-23,42-43H,1-4H3. The molecule has 212 valence electrons. The summed E-state index contributed by atoms with van der Waals surface area (Å²) >= 11 is 0.